The van der Waals surface area contributed by atoms with Crippen LogP contribution in [0.4, 0.5) is 0 Å². The Balaban J connectivity index is 1.68. The summed E-state index contributed by atoms with van der Waals surface area (Å²) in [7, 11) is 1.53. The number of aliphatic hydroxyl groups is 1. The van der Waals surface area contributed by atoms with Crippen molar-refractivity contribution in [2.24, 2.45) is 0 Å². The molecule has 0 fully saturated rings. The monoisotopic (exact) mass is 534 g/mol. The molecule has 3 aromatic rings. The van der Waals surface area contributed by atoms with E-state index in [1.165, 1.54) is 7.11 Å². The number of nitrogens with zero attached hydrogens (tertiary/aromatic N) is 2. The van der Waals surface area contributed by atoms with Gasteiger partial charge in [0, 0.05) is 11.9 Å². The average molecular weight is 535 g/mol. The number of Topliss-reactive ketones (excluding diaryl/α,β-unsaturated/α-hetero) is 1. The van der Waals surface area contributed by atoms with Crippen LogP contribution in [0.25, 0.3) is 11.0 Å². The van der Waals surface area contributed by atoms with Gasteiger partial charge in [0.1, 0.15) is 5.75 Å². The Morgan fingerprint density at radius 2 is 1.82 bits per heavy atom. The largest absolute Gasteiger partial charge is 0.503 e. The Kier molecular flexibility index (Phi) is 9.30. The first kappa shape index (κ1) is 28.2. The number of ketones is 1. The molecule has 1 N–H and O–H groups in total. The Morgan fingerprint density at radius 1 is 1.08 bits per heavy atom. The quantitative estimate of drug-likeness (QED) is 0.202. The first-order chi connectivity index (χ1) is 18.9. The zero-order valence-electron chi connectivity index (χ0n) is 23.2. The fourth-order valence-corrected chi connectivity index (χ4v) is 4.99. The number of fused-ring (bicyclic) bond motifs is 1. The third kappa shape index (κ3) is 5.96. The van der Waals surface area contributed by atoms with Gasteiger partial charge in [-0.1, -0.05) is 51.5 Å². The molecule has 208 valence electrons. The number of para-hydroxylation sites is 1. The van der Waals surface area contributed by atoms with E-state index in [9.17, 15) is 14.7 Å². The van der Waals surface area contributed by atoms with E-state index in [0.29, 0.717) is 36.3 Å². The Bertz CT molecular complexity index is 1320. The van der Waals surface area contributed by atoms with Crippen molar-refractivity contribution in [3.8, 4) is 11.5 Å². The number of methoxy groups -OCH3 is 1. The highest BCUT2D eigenvalue weighted by Crippen LogP contribution is 2.40. The number of carbonyl (C=O) groups is 2. The maximum Gasteiger partial charge on any atom is 0.290 e. The van der Waals surface area contributed by atoms with Gasteiger partial charge >= 0.3 is 0 Å². The van der Waals surface area contributed by atoms with E-state index >= 15 is 0 Å². The summed E-state index contributed by atoms with van der Waals surface area (Å²) < 4.78 is 17.1. The number of hydrogen-bond donors (Lipinski definition) is 1. The van der Waals surface area contributed by atoms with Gasteiger partial charge in [-0.05, 0) is 62.3 Å². The number of hydrogen-bond acceptors (Lipinski definition) is 7. The summed E-state index contributed by atoms with van der Waals surface area (Å²) in [4.78, 5) is 31.1. The van der Waals surface area contributed by atoms with Crippen LogP contribution in [-0.2, 0) is 4.79 Å². The third-order valence-corrected chi connectivity index (χ3v) is 7.23. The molecule has 8 nitrogen and oxygen atoms in total. The zero-order valence-corrected chi connectivity index (χ0v) is 23.2. The van der Waals surface area contributed by atoms with Crippen LogP contribution in [0.3, 0.4) is 0 Å². The molecule has 1 atom stereocenters. The fraction of sp³-hybridized carbons (Fsp3) is 0.419. The third-order valence-electron chi connectivity index (χ3n) is 7.23. The van der Waals surface area contributed by atoms with Crippen LogP contribution in [0.1, 0.15) is 62.2 Å². The summed E-state index contributed by atoms with van der Waals surface area (Å²) in [6.07, 6.45) is 2.70. The van der Waals surface area contributed by atoms with Crippen molar-refractivity contribution < 1.29 is 28.6 Å². The van der Waals surface area contributed by atoms with E-state index in [4.69, 9.17) is 13.9 Å². The van der Waals surface area contributed by atoms with E-state index in [1.54, 1.807) is 17.0 Å². The zero-order chi connectivity index (χ0) is 27.9. The molecule has 1 aliphatic heterocycles. The second kappa shape index (κ2) is 12.8. The summed E-state index contributed by atoms with van der Waals surface area (Å²) in [6, 6.07) is 13.6. The molecule has 4 rings (SSSR count). The topological polar surface area (TPSA) is 92.4 Å². The lowest BCUT2D eigenvalue weighted by Crippen LogP contribution is -2.34. The lowest BCUT2D eigenvalue weighted by Gasteiger charge is -2.28. The lowest BCUT2D eigenvalue weighted by molar-refractivity contribution is -0.129. The number of ether oxygens (including phenoxy) is 2. The van der Waals surface area contributed by atoms with Gasteiger partial charge in [-0.15, -0.1) is 0 Å². The van der Waals surface area contributed by atoms with Crippen molar-refractivity contribution in [3.05, 3.63) is 71.2 Å². The van der Waals surface area contributed by atoms with Gasteiger partial charge in [-0.2, -0.15) is 0 Å². The standard InChI is InChI=1S/C31H38N2O6/c1-5-8-19-38-23-15-13-21(14-16-23)27-26(29(35)31(36)33(27)18-10-17-32(6-2)7-3)28(34)25-20-22-11-9-12-24(37-4)30(22)39-25/h9,11-16,20,27,35H,5-8,10,17-19H2,1-4H3. The van der Waals surface area contributed by atoms with Crippen LogP contribution in [-0.4, -0.2) is 66.5 Å². The van der Waals surface area contributed by atoms with Gasteiger partial charge < -0.3 is 28.8 Å². The fourth-order valence-electron chi connectivity index (χ4n) is 4.99. The van der Waals surface area contributed by atoms with Crippen molar-refractivity contribution in [1.29, 1.82) is 0 Å². The SMILES string of the molecule is CCCCOc1ccc(C2C(C(=O)c3cc4cccc(OC)c4o3)=C(O)C(=O)N2CCCN(CC)CC)cc1. The second-order valence-electron chi connectivity index (χ2n) is 9.63. The molecule has 2 aromatic carbocycles. The molecule has 1 unspecified atom stereocenters. The summed E-state index contributed by atoms with van der Waals surface area (Å²) in [5, 5.41) is 11.7. The van der Waals surface area contributed by atoms with Gasteiger partial charge in [-0.25, -0.2) is 0 Å². The van der Waals surface area contributed by atoms with Crippen LogP contribution < -0.4 is 9.47 Å². The highest BCUT2D eigenvalue weighted by Gasteiger charge is 2.44. The van der Waals surface area contributed by atoms with E-state index in [2.05, 4.69) is 25.7 Å². The smallest absolute Gasteiger partial charge is 0.290 e. The maximum atomic E-state index is 13.9. The molecule has 0 bridgehead atoms. The molecule has 0 saturated carbocycles. The molecule has 39 heavy (non-hydrogen) atoms. The van der Waals surface area contributed by atoms with Crippen LogP contribution >= 0.6 is 0 Å². The highest BCUT2D eigenvalue weighted by atomic mass is 16.5. The summed E-state index contributed by atoms with van der Waals surface area (Å²) in [5.74, 6) is -0.365. The number of benzene rings is 2. The van der Waals surface area contributed by atoms with Crippen molar-refractivity contribution in [2.45, 2.75) is 46.1 Å². The van der Waals surface area contributed by atoms with Gasteiger partial charge in [0.05, 0.1) is 25.3 Å². The average Bonchev–Trinajstić information content (AvgIpc) is 3.50. The van der Waals surface area contributed by atoms with Crippen LogP contribution in [0, 0.1) is 0 Å². The van der Waals surface area contributed by atoms with Gasteiger partial charge in [0.25, 0.3) is 5.91 Å². The van der Waals surface area contributed by atoms with Crippen molar-refractivity contribution >= 4 is 22.7 Å². The van der Waals surface area contributed by atoms with Crippen LogP contribution in [0.2, 0.25) is 0 Å². The van der Waals surface area contributed by atoms with E-state index in [0.717, 1.165) is 43.8 Å². The molecule has 0 aliphatic carbocycles. The number of unbranched alkanes of at least 4 members (excludes halogenated alkanes) is 1. The molecule has 2 heterocycles. The molecule has 0 saturated heterocycles. The van der Waals surface area contributed by atoms with E-state index < -0.39 is 23.5 Å². The van der Waals surface area contributed by atoms with Crippen molar-refractivity contribution in [1.82, 2.24) is 9.80 Å². The molecule has 0 spiro atoms. The predicted molar refractivity (Wildman–Crippen MR) is 150 cm³/mol. The Hall–Kier alpha value is -3.78. The van der Waals surface area contributed by atoms with E-state index in [-0.39, 0.29) is 11.3 Å². The first-order valence-corrected chi connectivity index (χ1v) is 13.7. The maximum absolute atomic E-state index is 13.9. The summed E-state index contributed by atoms with van der Waals surface area (Å²) >= 11 is 0. The van der Waals surface area contributed by atoms with Crippen molar-refractivity contribution in [3.63, 3.8) is 0 Å². The molecule has 1 amide bonds. The van der Waals surface area contributed by atoms with Gasteiger partial charge in [0.2, 0.25) is 5.78 Å². The minimum absolute atomic E-state index is 0.0144. The molecule has 8 heteroatoms. The van der Waals surface area contributed by atoms with Gasteiger partial charge in [0.15, 0.2) is 22.9 Å². The number of carbonyl (C=O) groups excluding carboxylic acids is 2. The first-order valence-electron chi connectivity index (χ1n) is 13.7. The minimum atomic E-state index is -0.749. The normalized spacial score (nSPS) is 15.6. The second-order valence-corrected chi connectivity index (χ2v) is 9.63. The minimum Gasteiger partial charge on any atom is -0.503 e. The number of amides is 1. The number of aliphatic hydroxyl groups excluding tert-OH is 1. The molecular weight excluding hydrogens is 496 g/mol. The highest BCUT2D eigenvalue weighted by molar-refractivity contribution is 6.16. The predicted octanol–water partition coefficient (Wildman–Crippen LogP) is 5.93. The lowest BCUT2D eigenvalue weighted by atomic mass is 9.95. The van der Waals surface area contributed by atoms with E-state index in [1.807, 2.05) is 36.4 Å². The molecule has 1 aliphatic rings. The molecular formula is C31H38N2O6. The van der Waals surface area contributed by atoms with Crippen LogP contribution in [0.15, 0.2) is 64.3 Å². The molecule has 0 radical (unpaired) electrons. The summed E-state index contributed by atoms with van der Waals surface area (Å²) in [5.41, 5.74) is 1.17. The van der Waals surface area contributed by atoms with Crippen LogP contribution in [0.5, 0.6) is 11.5 Å². The van der Waals surface area contributed by atoms with Crippen molar-refractivity contribution in [2.75, 3.05) is 39.9 Å². The van der Waals surface area contributed by atoms with Gasteiger partial charge in [-0.3, -0.25) is 9.59 Å². The number of furan rings is 1. The summed E-state index contributed by atoms with van der Waals surface area (Å²) in [6.45, 7) is 9.95. The molecule has 1 aromatic heterocycles. The Labute approximate surface area is 229 Å². The number of rotatable bonds is 14. The Morgan fingerprint density at radius 3 is 2.49 bits per heavy atom.